The Balaban J connectivity index is 1.80. The zero-order chi connectivity index (χ0) is 23.0. The summed E-state index contributed by atoms with van der Waals surface area (Å²) in [5, 5.41) is 9.62. The maximum Gasteiger partial charge on any atom is 0.303 e. The van der Waals surface area contributed by atoms with E-state index in [1.807, 2.05) is 0 Å². The van der Waals surface area contributed by atoms with Crippen LogP contribution in [0.4, 0.5) is 8.78 Å². The van der Waals surface area contributed by atoms with Crippen LogP contribution in [0.1, 0.15) is 12.0 Å². The van der Waals surface area contributed by atoms with Gasteiger partial charge < -0.3 is 9.84 Å². The molecule has 4 aromatic rings. The number of hydrogen-bond acceptors (Lipinski definition) is 5. The first-order valence-electron chi connectivity index (χ1n) is 9.41. The maximum atomic E-state index is 13.6. The van der Waals surface area contributed by atoms with E-state index in [1.165, 1.54) is 31.5 Å². The molecule has 4 rings (SSSR count). The Morgan fingerprint density at radius 2 is 1.88 bits per heavy atom. The number of aryl methyl sites for hydroxylation is 1. The van der Waals surface area contributed by atoms with Crippen molar-refractivity contribution in [2.24, 2.45) is 0 Å². The molecule has 0 aliphatic heterocycles. The fraction of sp³-hybridized carbons (Fsp3) is 0.136. The standard InChI is InChI=1S/C22H17F2NO5S2/c1-30-15-4-6-19-16(11-15)14(3-8-21(26)27)12-25(19)32(28,29)22-9-7-20(31-22)13-2-5-17(23)18(24)10-13/h2,4-7,9-12H,3,8H2,1H3,(H,26,27). The number of hydrogen-bond donors (Lipinski definition) is 1. The second kappa shape index (κ2) is 8.36. The van der Waals surface area contributed by atoms with Gasteiger partial charge in [0.25, 0.3) is 10.0 Å². The number of aliphatic carboxylic acids is 1. The van der Waals surface area contributed by atoms with Gasteiger partial charge in [0.15, 0.2) is 11.6 Å². The van der Waals surface area contributed by atoms with Crippen LogP contribution >= 0.6 is 11.3 Å². The molecule has 6 nitrogen and oxygen atoms in total. The fourth-order valence-electron chi connectivity index (χ4n) is 3.37. The predicted molar refractivity (Wildman–Crippen MR) is 117 cm³/mol. The first-order valence-corrected chi connectivity index (χ1v) is 11.7. The van der Waals surface area contributed by atoms with Crippen molar-refractivity contribution in [1.29, 1.82) is 0 Å². The van der Waals surface area contributed by atoms with Crippen LogP contribution in [-0.2, 0) is 21.2 Å². The highest BCUT2D eigenvalue weighted by Gasteiger charge is 2.24. The molecule has 0 saturated carbocycles. The van der Waals surface area contributed by atoms with Crippen molar-refractivity contribution in [2.75, 3.05) is 7.11 Å². The average molecular weight is 478 g/mol. The summed E-state index contributed by atoms with van der Waals surface area (Å²) in [7, 11) is -2.55. The summed E-state index contributed by atoms with van der Waals surface area (Å²) in [5.41, 5.74) is 1.30. The van der Waals surface area contributed by atoms with Crippen molar-refractivity contribution >= 4 is 38.2 Å². The molecule has 2 aromatic heterocycles. The van der Waals surface area contributed by atoms with E-state index >= 15 is 0 Å². The van der Waals surface area contributed by atoms with E-state index in [0.717, 1.165) is 27.4 Å². The Labute approximate surface area is 186 Å². The number of thiophene rings is 1. The molecule has 0 amide bonds. The Hall–Kier alpha value is -3.24. The van der Waals surface area contributed by atoms with Gasteiger partial charge in [-0.3, -0.25) is 4.79 Å². The second-order valence-electron chi connectivity index (χ2n) is 6.98. The van der Waals surface area contributed by atoms with Gasteiger partial charge in [-0.15, -0.1) is 11.3 Å². The molecule has 0 atom stereocenters. The number of carbonyl (C=O) groups is 1. The Kier molecular flexibility index (Phi) is 5.74. The van der Waals surface area contributed by atoms with E-state index in [0.29, 0.717) is 32.7 Å². The van der Waals surface area contributed by atoms with E-state index in [9.17, 15) is 22.0 Å². The summed E-state index contributed by atoms with van der Waals surface area (Å²) < 4.78 is 60.0. The molecule has 1 N–H and O–H groups in total. The Morgan fingerprint density at radius 3 is 2.56 bits per heavy atom. The lowest BCUT2D eigenvalue weighted by Crippen LogP contribution is -2.10. The first-order chi connectivity index (χ1) is 15.2. The summed E-state index contributed by atoms with van der Waals surface area (Å²) in [6.07, 6.45) is 1.40. The molecule has 2 heterocycles. The van der Waals surface area contributed by atoms with Crippen LogP contribution in [0.2, 0.25) is 0 Å². The zero-order valence-electron chi connectivity index (χ0n) is 16.7. The zero-order valence-corrected chi connectivity index (χ0v) is 18.3. The maximum absolute atomic E-state index is 13.6. The number of fused-ring (bicyclic) bond motifs is 1. The van der Waals surface area contributed by atoms with Crippen LogP contribution in [-0.4, -0.2) is 30.6 Å². The van der Waals surface area contributed by atoms with Gasteiger partial charge in [0.2, 0.25) is 0 Å². The minimum absolute atomic E-state index is 0.00901. The minimum atomic E-state index is -4.03. The first kappa shape index (κ1) is 22.0. The van der Waals surface area contributed by atoms with Crippen molar-refractivity contribution in [3.05, 3.63) is 71.9 Å². The lowest BCUT2D eigenvalue weighted by Gasteiger charge is -2.06. The van der Waals surface area contributed by atoms with Gasteiger partial charge in [0, 0.05) is 22.9 Å². The van der Waals surface area contributed by atoms with Gasteiger partial charge in [0.1, 0.15) is 9.96 Å². The molecule has 10 heteroatoms. The second-order valence-corrected chi connectivity index (χ2v) is 10.1. The van der Waals surface area contributed by atoms with Crippen molar-refractivity contribution in [3.63, 3.8) is 0 Å². The monoisotopic (exact) mass is 477 g/mol. The summed E-state index contributed by atoms with van der Waals surface area (Å²) in [6.45, 7) is 0. The fourth-order valence-corrected chi connectivity index (χ4v) is 6.16. The SMILES string of the molecule is COc1ccc2c(c1)c(CCC(=O)O)cn2S(=O)(=O)c1ccc(-c2ccc(F)c(F)c2)s1. The molecule has 0 radical (unpaired) electrons. The van der Waals surface area contributed by atoms with Crippen molar-refractivity contribution < 1.29 is 31.8 Å². The molecule has 0 spiro atoms. The Morgan fingerprint density at radius 1 is 1.09 bits per heavy atom. The molecule has 0 unspecified atom stereocenters. The van der Waals surface area contributed by atoms with Crippen molar-refractivity contribution in [1.82, 2.24) is 3.97 Å². The van der Waals surface area contributed by atoms with Crippen LogP contribution in [0.25, 0.3) is 21.3 Å². The number of halogens is 2. The number of carboxylic acid groups (broad SMARTS) is 1. The smallest absolute Gasteiger partial charge is 0.303 e. The molecule has 32 heavy (non-hydrogen) atoms. The van der Waals surface area contributed by atoms with Crippen molar-refractivity contribution in [2.45, 2.75) is 17.1 Å². The van der Waals surface area contributed by atoms with Crippen LogP contribution in [0.15, 0.2) is 58.9 Å². The largest absolute Gasteiger partial charge is 0.497 e. The van der Waals surface area contributed by atoms with Crippen LogP contribution in [0.3, 0.4) is 0 Å². The number of carboxylic acids is 1. The lowest BCUT2D eigenvalue weighted by molar-refractivity contribution is -0.136. The van der Waals surface area contributed by atoms with E-state index < -0.39 is 27.6 Å². The summed E-state index contributed by atoms with van der Waals surface area (Å²) in [4.78, 5) is 11.5. The van der Waals surface area contributed by atoms with E-state index in [4.69, 9.17) is 9.84 Å². The number of benzene rings is 2. The van der Waals surface area contributed by atoms with Crippen LogP contribution in [0.5, 0.6) is 5.75 Å². The third-order valence-electron chi connectivity index (χ3n) is 4.97. The van der Waals surface area contributed by atoms with E-state index in [2.05, 4.69) is 0 Å². The summed E-state index contributed by atoms with van der Waals surface area (Å²) in [5.74, 6) is -2.48. The van der Waals surface area contributed by atoms with Crippen LogP contribution < -0.4 is 4.74 Å². The van der Waals surface area contributed by atoms with Gasteiger partial charge in [-0.2, -0.15) is 8.42 Å². The molecule has 166 valence electrons. The van der Waals surface area contributed by atoms with E-state index in [-0.39, 0.29) is 17.1 Å². The molecule has 0 bridgehead atoms. The molecule has 0 aliphatic carbocycles. The molecule has 0 fully saturated rings. The van der Waals surface area contributed by atoms with Gasteiger partial charge >= 0.3 is 5.97 Å². The minimum Gasteiger partial charge on any atom is -0.497 e. The number of methoxy groups -OCH3 is 1. The number of aromatic nitrogens is 1. The van der Waals surface area contributed by atoms with Crippen LogP contribution in [0, 0.1) is 11.6 Å². The number of nitrogens with zero attached hydrogens (tertiary/aromatic N) is 1. The molecule has 2 aromatic carbocycles. The van der Waals surface area contributed by atoms with Gasteiger partial charge in [-0.1, -0.05) is 6.07 Å². The van der Waals surface area contributed by atoms with E-state index in [1.54, 1.807) is 18.2 Å². The highest BCUT2D eigenvalue weighted by molar-refractivity contribution is 7.92. The third-order valence-corrected chi connectivity index (χ3v) is 8.24. The average Bonchev–Trinajstić information content (AvgIpc) is 3.40. The van der Waals surface area contributed by atoms with Gasteiger partial charge in [-0.05, 0) is 60.0 Å². The number of ether oxygens (including phenoxy) is 1. The highest BCUT2D eigenvalue weighted by atomic mass is 32.2. The van der Waals surface area contributed by atoms with Gasteiger partial charge in [-0.25, -0.2) is 12.8 Å². The van der Waals surface area contributed by atoms with Gasteiger partial charge in [0.05, 0.1) is 12.6 Å². The summed E-state index contributed by atoms with van der Waals surface area (Å²) in [6, 6.07) is 11.2. The predicted octanol–water partition coefficient (Wildman–Crippen LogP) is 4.91. The molecule has 0 saturated heterocycles. The highest BCUT2D eigenvalue weighted by Crippen LogP contribution is 2.35. The lowest BCUT2D eigenvalue weighted by atomic mass is 10.1. The normalized spacial score (nSPS) is 11.7. The summed E-state index contributed by atoms with van der Waals surface area (Å²) >= 11 is 0.929. The topological polar surface area (TPSA) is 85.6 Å². The molecule has 0 aliphatic rings. The number of rotatable bonds is 7. The molecular weight excluding hydrogens is 460 g/mol. The molecular formula is C22H17F2NO5S2. The quantitative estimate of drug-likeness (QED) is 0.409. The third kappa shape index (κ3) is 3.98. The van der Waals surface area contributed by atoms with Crippen molar-refractivity contribution in [3.8, 4) is 16.2 Å². The Bertz CT molecular complexity index is 1440.